The average Bonchev–Trinajstić information content (AvgIpc) is 1.56. The molecule has 40 nitrogen and oxygen atoms in total. The highest BCUT2D eigenvalue weighted by Gasteiger charge is 2.44. The Morgan fingerprint density at radius 2 is 1.18 bits per heavy atom. The molecule has 2 heterocycles. The number of hydrogen-bond acceptors (Lipinski definition) is 25. The monoisotopic (exact) mass is 1870 g/mol. The van der Waals surface area contributed by atoms with Crippen LogP contribution in [0.15, 0.2) is 79.1 Å². The van der Waals surface area contributed by atoms with E-state index in [0.717, 1.165) is 29.3 Å². The summed E-state index contributed by atoms with van der Waals surface area (Å²) < 4.78 is 37.7. The molecule has 131 heavy (non-hydrogen) atoms. The number of benzene rings is 2. The van der Waals surface area contributed by atoms with Gasteiger partial charge in [0.1, 0.15) is 23.7 Å². The second kappa shape index (κ2) is 61.3. The summed E-state index contributed by atoms with van der Waals surface area (Å²) in [6.07, 6.45) is 15.0. The lowest BCUT2D eigenvalue weighted by Crippen LogP contribution is -2.63. The number of para-hydroxylation sites is 1. The second-order valence-corrected chi connectivity index (χ2v) is 34.7. The van der Waals surface area contributed by atoms with Gasteiger partial charge in [-0.15, -0.1) is 16.7 Å². The minimum atomic E-state index is -2.98. The van der Waals surface area contributed by atoms with Crippen LogP contribution in [0, 0.1) is 18.8 Å². The average molecular weight is 1870 g/mol. The summed E-state index contributed by atoms with van der Waals surface area (Å²) in [4.78, 5) is 210. The van der Waals surface area contributed by atoms with Crippen molar-refractivity contribution < 1.29 is 110 Å². The van der Waals surface area contributed by atoms with Crippen molar-refractivity contribution >= 4 is 126 Å². The van der Waals surface area contributed by atoms with E-state index in [1.165, 1.54) is 17.9 Å². The number of nitrogens with two attached hydrogens (primary N) is 2. The number of carbonyl (C=O) groups excluding carboxylic acids is 15. The Kier molecular flexibility index (Phi) is 51.1. The van der Waals surface area contributed by atoms with E-state index in [0.29, 0.717) is 120 Å². The lowest BCUT2D eigenvalue weighted by atomic mass is 9.80. The van der Waals surface area contributed by atoms with E-state index in [1.807, 2.05) is 38.1 Å². The first kappa shape index (κ1) is 109. The molecule has 6 rings (SSSR count). The van der Waals surface area contributed by atoms with Crippen LogP contribution in [0.3, 0.4) is 0 Å². The van der Waals surface area contributed by atoms with Crippen LogP contribution >= 0.6 is 20.0 Å². The Balaban J connectivity index is 0.749. The van der Waals surface area contributed by atoms with E-state index in [9.17, 15) is 81.6 Å². The number of rotatable bonds is 64. The molecule has 724 valence electrons. The molecule has 0 bridgehead atoms. The van der Waals surface area contributed by atoms with E-state index in [1.54, 1.807) is 54.9 Å². The zero-order valence-corrected chi connectivity index (χ0v) is 77.1. The molecule has 42 heteroatoms. The van der Waals surface area contributed by atoms with Gasteiger partial charge in [-0.3, -0.25) is 77.0 Å². The molecule has 3 unspecified atom stereocenters. The molecule has 2 saturated carbocycles. The number of anilines is 2. The number of pyridine rings is 1. The summed E-state index contributed by atoms with van der Waals surface area (Å²) in [7, 11) is -2.98. The van der Waals surface area contributed by atoms with Crippen molar-refractivity contribution in [3.63, 3.8) is 0 Å². The lowest BCUT2D eigenvalue weighted by Gasteiger charge is -2.38. The van der Waals surface area contributed by atoms with Gasteiger partial charge in [-0.2, -0.15) is 0 Å². The summed E-state index contributed by atoms with van der Waals surface area (Å²) >= 11 is 1.13. The molecule has 3 aliphatic rings. The van der Waals surface area contributed by atoms with Gasteiger partial charge >= 0.3 is 14.3 Å². The summed E-state index contributed by atoms with van der Waals surface area (Å²) in [5.74, 6) is -7.95. The maximum Gasteiger partial charge on any atom is 0.697 e. The standard InChI is InChI=1S/C89H134N17O23PS/c1-4-5-19-71(103-83(117)70(22-10-13-41-93-73(107)32-27-63-18-15-40-92-58-63)102-78(112)56-62-25-30-66(31-26-62)100-87(121)104-68-20-8-7-17-61(68)2)84(118)105-89(38-11-6-12-39-89)86(120)99-47-51-128-55-54-127-49-45-95-75(109)34-33-74(108)94-44-48-125-52-53-126-50-46-96-76(110)35-36-77(111)101-69(80(91)114)21-9-14-42-98-82(116)67(90)60-131-72-57-79(113)106(85(72)119)59-64-23-28-65(29-24-64)81(115)97-43-16-37-88(3,122)129-130(123)124/h7-8,15,17-18,20,25-27,30-32,40,58,64-65,67,69-72,122H,4-6,9-14,16,19,21-24,28-29,33-39,41-57,59-60,90H2,1-3H3,(H15-,91,93,94,95,96,97,98,99,100,101,102,103,104,105,107,108,109,110,111,112,114,115,116,117,118,120,121,123,124)/p+1/b32-27+/t64?,65?,67-,69+,70+,71+,72?,88?/m1/s1. The highest BCUT2D eigenvalue weighted by Crippen LogP contribution is 2.34. The van der Waals surface area contributed by atoms with Gasteiger partial charge in [0.15, 0.2) is 0 Å². The first-order valence-corrected chi connectivity index (χ1v) is 47.4. The van der Waals surface area contributed by atoms with Crippen LogP contribution in [0.5, 0.6) is 0 Å². The quantitative estimate of drug-likeness (QED) is 0.0127. The predicted molar refractivity (Wildman–Crippen MR) is 488 cm³/mol. The van der Waals surface area contributed by atoms with Crippen LogP contribution in [0.2, 0.25) is 0 Å². The molecule has 0 spiro atoms. The number of primary amides is 1. The topological polar surface area (TPSA) is 584 Å². The largest absolute Gasteiger partial charge is 0.697 e. The highest BCUT2D eigenvalue weighted by atomic mass is 32.2. The predicted octanol–water partition coefficient (Wildman–Crippen LogP) is 3.17. The molecule has 19 N–H and O–H groups in total. The van der Waals surface area contributed by atoms with Crippen LogP contribution in [0.1, 0.15) is 191 Å². The van der Waals surface area contributed by atoms with Crippen molar-refractivity contribution in [2.45, 2.75) is 228 Å². The van der Waals surface area contributed by atoms with Crippen molar-refractivity contribution in [1.82, 2.24) is 68.4 Å². The van der Waals surface area contributed by atoms with Crippen molar-refractivity contribution in [2.75, 3.05) is 122 Å². The minimum Gasteiger partial charge on any atom is -0.377 e. The summed E-state index contributed by atoms with van der Waals surface area (Å²) in [5.41, 5.74) is 13.8. The number of nitrogens with zero attached hydrogens (tertiary/aromatic N) is 2. The second-order valence-electron chi connectivity index (χ2n) is 32.8. The van der Waals surface area contributed by atoms with Gasteiger partial charge in [-0.25, -0.2) is 4.79 Å². The summed E-state index contributed by atoms with van der Waals surface area (Å²) in [6.45, 7) is 8.09. The van der Waals surface area contributed by atoms with Crippen LogP contribution < -0.4 is 80.6 Å². The highest BCUT2D eigenvalue weighted by molar-refractivity contribution is 8.00. The number of likely N-dealkylation sites (tertiary alicyclic amines) is 1. The number of imide groups is 1. The molecular formula is C89H135N17O23PS+. The zero-order chi connectivity index (χ0) is 95.2. The number of unbranched alkanes of at least 4 members (excludes halogenated alkanes) is 3. The third-order valence-electron chi connectivity index (χ3n) is 22.0. The molecule has 16 amide bonds. The van der Waals surface area contributed by atoms with E-state index in [4.69, 9.17) is 35.3 Å². The maximum absolute atomic E-state index is 14.4. The van der Waals surface area contributed by atoms with Gasteiger partial charge < -0.3 is 105 Å². The molecule has 3 fully saturated rings. The van der Waals surface area contributed by atoms with Gasteiger partial charge in [0, 0.05) is 137 Å². The van der Waals surface area contributed by atoms with Gasteiger partial charge in [0.05, 0.1) is 70.6 Å². The van der Waals surface area contributed by atoms with E-state index in [2.05, 4.69) is 78.6 Å². The van der Waals surface area contributed by atoms with Gasteiger partial charge in [0.25, 0.3) is 0 Å². The first-order valence-electron chi connectivity index (χ1n) is 45.2. The smallest absolute Gasteiger partial charge is 0.377 e. The normalized spacial score (nSPS) is 16.8. The first-order chi connectivity index (χ1) is 62.9. The SMILES string of the molecule is CCCC[C@H](NC(=O)[C@H](CCCCNC(=O)/C=C/c1cccnc1)NC(=O)Cc1ccc(NC(=O)Nc2ccccc2C)cc1)C(=O)NC1(C(=O)NCCOCCOCCNC(=O)CCC(=O)NCCOCCOCCNC(=O)CCC(=O)N[C@@H](CCCCNC(=O)[C@H](N)CSC2CC(=O)N(CC3CCC(C(=O)NCCCC(C)(O)O[P+](=O)O)CC3)C2=O)C(N)=O)CCCCC1. The lowest BCUT2D eigenvalue weighted by molar-refractivity contribution is -0.140. The number of amides is 16. The van der Waals surface area contributed by atoms with E-state index < -0.39 is 96.4 Å². The fourth-order valence-electron chi connectivity index (χ4n) is 14.7. The third-order valence-corrected chi connectivity index (χ3v) is 23.9. The number of thioether (sulfide) groups is 1. The Labute approximate surface area is 770 Å². The van der Waals surface area contributed by atoms with E-state index in [-0.39, 0.29) is 222 Å². The fourth-order valence-corrected chi connectivity index (χ4v) is 16.2. The number of aryl methyl sites for hydroxylation is 1. The molecule has 0 radical (unpaired) electrons. The van der Waals surface area contributed by atoms with Gasteiger partial charge in [-0.1, -0.05) is 79.9 Å². The number of aliphatic hydroxyl groups is 1. The molecule has 2 aromatic carbocycles. The molecule has 1 saturated heterocycles. The number of ether oxygens (including phenoxy) is 4. The van der Waals surface area contributed by atoms with Gasteiger partial charge in [-0.05, 0) is 157 Å². The molecule has 2 aliphatic carbocycles. The Hall–Kier alpha value is -10.5. The van der Waals surface area contributed by atoms with Crippen LogP contribution in [0.4, 0.5) is 16.2 Å². The van der Waals surface area contributed by atoms with Crippen LogP contribution in [-0.4, -0.2) is 260 Å². The number of aromatic nitrogens is 1. The molecule has 7 atom stereocenters. The maximum atomic E-state index is 14.4. The number of carbonyl (C=O) groups is 15. The Morgan fingerprint density at radius 3 is 1.77 bits per heavy atom. The number of urea groups is 1. The van der Waals surface area contributed by atoms with Crippen LogP contribution in [-0.2, 0) is 102 Å². The summed E-state index contributed by atoms with van der Waals surface area (Å²) in [6, 6.07) is 13.1. The van der Waals surface area contributed by atoms with Crippen molar-refractivity contribution in [1.29, 1.82) is 0 Å². The number of hydrogen-bond donors (Lipinski definition) is 17. The van der Waals surface area contributed by atoms with Crippen molar-refractivity contribution in [3.8, 4) is 0 Å². The fraction of sp³-hybridized carbons (Fsp3) is 0.618. The molecule has 3 aromatic rings. The molecular weight excluding hydrogens is 1740 g/mol. The third kappa shape index (κ3) is 44.5. The zero-order valence-electron chi connectivity index (χ0n) is 75.4. The van der Waals surface area contributed by atoms with Gasteiger partial charge in [0.2, 0.25) is 88.5 Å². The van der Waals surface area contributed by atoms with Crippen molar-refractivity contribution in [2.24, 2.45) is 23.3 Å². The number of nitrogens with one attached hydrogen (secondary N) is 13. The summed E-state index contributed by atoms with van der Waals surface area (Å²) in [5, 5.41) is 45.6. The molecule has 1 aromatic heterocycles. The minimum absolute atomic E-state index is 0.0207. The van der Waals surface area contributed by atoms with Crippen LogP contribution in [0.25, 0.3) is 6.08 Å². The van der Waals surface area contributed by atoms with Crippen molar-refractivity contribution in [3.05, 3.63) is 95.8 Å². The Bertz CT molecular complexity index is 4200. The molecule has 1 aliphatic heterocycles. The Morgan fingerprint density at radius 1 is 0.618 bits per heavy atom. The van der Waals surface area contributed by atoms with E-state index >= 15 is 0 Å².